The second-order valence-corrected chi connectivity index (χ2v) is 14.5. The van der Waals surface area contributed by atoms with Crippen LogP contribution in [0.15, 0.2) is 237 Å². The molecule has 0 spiro atoms. The molecule has 1 nitrogen and oxygen atoms in total. The lowest BCUT2D eigenvalue weighted by molar-refractivity contribution is 1.28. The van der Waals surface area contributed by atoms with E-state index in [0.717, 1.165) is 17.1 Å². The molecule has 0 fully saturated rings. The Kier molecular flexibility index (Phi) is 8.95. The van der Waals surface area contributed by atoms with Crippen LogP contribution in [0.5, 0.6) is 0 Å². The number of benzene rings is 10. The van der Waals surface area contributed by atoms with E-state index in [4.69, 9.17) is 0 Å². The first-order valence-corrected chi connectivity index (χ1v) is 19.6. The lowest BCUT2D eigenvalue weighted by Gasteiger charge is -2.27. The first kappa shape index (κ1) is 34.0. The molecular formula is C56H39N. The summed E-state index contributed by atoms with van der Waals surface area (Å²) in [5.74, 6) is 0. The molecule has 0 amide bonds. The van der Waals surface area contributed by atoms with E-state index in [9.17, 15) is 0 Å². The first-order valence-electron chi connectivity index (χ1n) is 19.6. The van der Waals surface area contributed by atoms with Crippen LogP contribution in [0.4, 0.5) is 17.1 Å². The Hall–Kier alpha value is -7.48. The molecular weight excluding hydrogens is 687 g/mol. The Balaban J connectivity index is 1.13. The molecule has 0 aliphatic rings. The van der Waals surface area contributed by atoms with E-state index in [-0.39, 0.29) is 0 Å². The molecule has 0 saturated carbocycles. The molecule has 0 N–H and O–H groups in total. The van der Waals surface area contributed by atoms with Crippen molar-refractivity contribution in [3.8, 4) is 55.6 Å². The van der Waals surface area contributed by atoms with Crippen molar-refractivity contribution in [3.05, 3.63) is 237 Å². The molecule has 0 unspecified atom stereocenters. The van der Waals surface area contributed by atoms with Gasteiger partial charge in [-0.1, -0.05) is 194 Å². The van der Waals surface area contributed by atoms with Gasteiger partial charge in [0, 0.05) is 17.1 Å². The SMILES string of the molecule is c1ccc(-c2ccc(N(c3ccc(-c4cc5ccccc5c5ccccc45)cc3)c3ccc(-c4ccccc4-c4ccccc4)c(-c4ccccc4)c3)cc2)cc1. The average Bonchev–Trinajstić information content (AvgIpc) is 3.30. The Bertz CT molecular complexity index is 2970. The number of nitrogens with zero attached hydrogens (tertiary/aromatic N) is 1. The van der Waals surface area contributed by atoms with E-state index in [1.807, 2.05) is 0 Å². The molecule has 10 aromatic carbocycles. The largest absolute Gasteiger partial charge is 0.310 e. The van der Waals surface area contributed by atoms with E-state index in [1.165, 1.54) is 77.2 Å². The van der Waals surface area contributed by atoms with Crippen molar-refractivity contribution in [1.82, 2.24) is 0 Å². The average molecular weight is 726 g/mol. The smallest absolute Gasteiger partial charge is 0.0468 e. The maximum Gasteiger partial charge on any atom is 0.0468 e. The first-order chi connectivity index (χ1) is 28.3. The van der Waals surface area contributed by atoms with E-state index >= 15 is 0 Å². The van der Waals surface area contributed by atoms with E-state index in [1.54, 1.807) is 0 Å². The van der Waals surface area contributed by atoms with Crippen LogP contribution in [0.1, 0.15) is 0 Å². The van der Waals surface area contributed by atoms with Crippen LogP contribution in [-0.2, 0) is 0 Å². The summed E-state index contributed by atoms with van der Waals surface area (Å²) in [5, 5.41) is 5.06. The Morgan fingerprint density at radius 3 is 1.28 bits per heavy atom. The van der Waals surface area contributed by atoms with Gasteiger partial charge >= 0.3 is 0 Å². The summed E-state index contributed by atoms with van der Waals surface area (Å²) in [6.07, 6.45) is 0. The zero-order valence-electron chi connectivity index (χ0n) is 31.5. The van der Waals surface area contributed by atoms with Gasteiger partial charge in [-0.25, -0.2) is 0 Å². The molecule has 1 heteroatoms. The fourth-order valence-corrected chi connectivity index (χ4v) is 8.31. The highest BCUT2D eigenvalue weighted by Gasteiger charge is 2.19. The summed E-state index contributed by atoms with van der Waals surface area (Å²) in [6.45, 7) is 0. The molecule has 0 aliphatic heterocycles. The number of fused-ring (bicyclic) bond motifs is 3. The highest BCUT2D eigenvalue weighted by Crippen LogP contribution is 2.44. The van der Waals surface area contributed by atoms with Crippen LogP contribution in [0.25, 0.3) is 77.2 Å². The lowest BCUT2D eigenvalue weighted by Crippen LogP contribution is -2.10. The van der Waals surface area contributed by atoms with Crippen LogP contribution < -0.4 is 4.90 Å². The third kappa shape index (κ3) is 6.56. The van der Waals surface area contributed by atoms with Gasteiger partial charge in [0.25, 0.3) is 0 Å². The highest BCUT2D eigenvalue weighted by molar-refractivity contribution is 6.13. The van der Waals surface area contributed by atoms with Crippen molar-refractivity contribution < 1.29 is 0 Å². The van der Waals surface area contributed by atoms with Gasteiger partial charge in [-0.15, -0.1) is 0 Å². The van der Waals surface area contributed by atoms with Crippen molar-refractivity contribution >= 4 is 38.6 Å². The van der Waals surface area contributed by atoms with E-state index in [2.05, 4.69) is 241 Å². The summed E-state index contributed by atoms with van der Waals surface area (Å²) >= 11 is 0. The Labute approximate surface area is 334 Å². The molecule has 10 rings (SSSR count). The van der Waals surface area contributed by atoms with Gasteiger partial charge in [0.2, 0.25) is 0 Å². The van der Waals surface area contributed by atoms with Gasteiger partial charge in [0.15, 0.2) is 0 Å². The summed E-state index contributed by atoms with van der Waals surface area (Å²) in [5.41, 5.74) is 15.3. The minimum absolute atomic E-state index is 1.09. The van der Waals surface area contributed by atoms with Crippen molar-refractivity contribution in [2.24, 2.45) is 0 Å². The molecule has 0 bridgehead atoms. The molecule has 0 aromatic heterocycles. The summed E-state index contributed by atoms with van der Waals surface area (Å²) in [7, 11) is 0. The monoisotopic (exact) mass is 725 g/mol. The summed E-state index contributed by atoms with van der Waals surface area (Å²) < 4.78 is 0. The minimum atomic E-state index is 1.09. The maximum atomic E-state index is 2.39. The Morgan fingerprint density at radius 2 is 0.632 bits per heavy atom. The number of hydrogen-bond acceptors (Lipinski definition) is 1. The number of hydrogen-bond donors (Lipinski definition) is 0. The zero-order chi connectivity index (χ0) is 38.0. The second-order valence-electron chi connectivity index (χ2n) is 14.5. The van der Waals surface area contributed by atoms with Crippen LogP contribution in [0.2, 0.25) is 0 Å². The van der Waals surface area contributed by atoms with Crippen molar-refractivity contribution in [2.75, 3.05) is 4.90 Å². The van der Waals surface area contributed by atoms with Crippen LogP contribution in [0, 0.1) is 0 Å². The van der Waals surface area contributed by atoms with Crippen LogP contribution in [-0.4, -0.2) is 0 Å². The van der Waals surface area contributed by atoms with Gasteiger partial charge in [-0.05, 0) is 120 Å². The molecule has 0 heterocycles. The topological polar surface area (TPSA) is 3.24 Å². The van der Waals surface area contributed by atoms with Crippen LogP contribution in [0.3, 0.4) is 0 Å². The van der Waals surface area contributed by atoms with E-state index in [0.29, 0.717) is 0 Å². The van der Waals surface area contributed by atoms with E-state index < -0.39 is 0 Å². The van der Waals surface area contributed by atoms with Gasteiger partial charge in [0.1, 0.15) is 0 Å². The van der Waals surface area contributed by atoms with Gasteiger partial charge in [0.05, 0.1) is 0 Å². The molecule has 10 aromatic rings. The summed E-state index contributed by atoms with van der Waals surface area (Å²) in [4.78, 5) is 2.39. The molecule has 0 saturated heterocycles. The predicted molar refractivity (Wildman–Crippen MR) is 243 cm³/mol. The standard InChI is InChI=1S/C56H39N/c1-4-16-40(17-5-1)41-28-32-46(33-29-41)57(47-34-30-44(31-35-47)55-38-45-22-10-11-24-50(45)52-26-14-15-27-53(52)55)48-36-37-54(56(39-48)43-20-8-3-9-21-43)51-25-13-12-23-49(51)42-18-6-2-7-19-42/h1-39H. The van der Waals surface area contributed by atoms with Crippen LogP contribution >= 0.6 is 0 Å². The maximum absolute atomic E-state index is 2.39. The zero-order valence-corrected chi connectivity index (χ0v) is 31.5. The van der Waals surface area contributed by atoms with Gasteiger partial charge < -0.3 is 4.90 Å². The third-order valence-corrected chi connectivity index (χ3v) is 11.1. The summed E-state index contributed by atoms with van der Waals surface area (Å²) in [6, 6.07) is 85.6. The minimum Gasteiger partial charge on any atom is -0.310 e. The molecule has 0 atom stereocenters. The van der Waals surface area contributed by atoms with Gasteiger partial charge in [-0.3, -0.25) is 0 Å². The Morgan fingerprint density at radius 1 is 0.211 bits per heavy atom. The lowest BCUT2D eigenvalue weighted by atomic mass is 9.89. The fourth-order valence-electron chi connectivity index (χ4n) is 8.31. The quantitative estimate of drug-likeness (QED) is 0.141. The van der Waals surface area contributed by atoms with Crippen molar-refractivity contribution in [1.29, 1.82) is 0 Å². The molecule has 0 aliphatic carbocycles. The molecule has 0 radical (unpaired) electrons. The van der Waals surface area contributed by atoms with Crippen molar-refractivity contribution in [3.63, 3.8) is 0 Å². The normalized spacial score (nSPS) is 11.2. The highest BCUT2D eigenvalue weighted by atomic mass is 15.1. The molecule has 268 valence electrons. The number of rotatable bonds is 8. The fraction of sp³-hybridized carbons (Fsp3) is 0. The second kappa shape index (κ2) is 15.0. The third-order valence-electron chi connectivity index (χ3n) is 11.1. The number of anilines is 3. The van der Waals surface area contributed by atoms with Gasteiger partial charge in [-0.2, -0.15) is 0 Å². The van der Waals surface area contributed by atoms with Crippen molar-refractivity contribution in [2.45, 2.75) is 0 Å². The predicted octanol–water partition coefficient (Wildman–Crippen LogP) is 15.8. The molecule has 57 heavy (non-hydrogen) atoms.